The van der Waals surface area contributed by atoms with Gasteiger partial charge < -0.3 is 14.8 Å². The molecule has 1 amide bonds. The average Bonchev–Trinajstić information content (AvgIpc) is 3.02. The molecule has 1 aromatic rings. The van der Waals surface area contributed by atoms with Crippen LogP contribution in [0.4, 0.5) is 5.69 Å². The van der Waals surface area contributed by atoms with Crippen LogP contribution in [0.15, 0.2) is 24.3 Å². The minimum Gasteiger partial charge on any atom is -0.494 e. The van der Waals surface area contributed by atoms with E-state index in [1.165, 1.54) is 0 Å². The van der Waals surface area contributed by atoms with E-state index in [4.69, 9.17) is 9.47 Å². The van der Waals surface area contributed by atoms with Crippen molar-refractivity contribution in [1.82, 2.24) is 0 Å². The second-order valence-electron chi connectivity index (χ2n) is 5.88. The summed E-state index contributed by atoms with van der Waals surface area (Å²) in [6, 6.07) is 7.54. The molecule has 2 rings (SSSR count). The van der Waals surface area contributed by atoms with E-state index in [1.807, 2.05) is 24.3 Å². The van der Waals surface area contributed by atoms with E-state index in [-0.39, 0.29) is 5.91 Å². The Morgan fingerprint density at radius 3 is 2.32 bits per heavy atom. The van der Waals surface area contributed by atoms with Gasteiger partial charge in [-0.2, -0.15) is 0 Å². The number of rotatable bonds is 8. The van der Waals surface area contributed by atoms with Gasteiger partial charge in [-0.3, -0.25) is 4.79 Å². The van der Waals surface area contributed by atoms with Gasteiger partial charge in [0.1, 0.15) is 11.4 Å². The summed E-state index contributed by atoms with van der Waals surface area (Å²) in [5.74, 6) is 0.818. The quantitative estimate of drug-likeness (QED) is 0.784. The summed E-state index contributed by atoms with van der Waals surface area (Å²) < 4.78 is 11.5. The Kier molecular flexibility index (Phi) is 6.25. The van der Waals surface area contributed by atoms with E-state index >= 15 is 0 Å². The smallest absolute Gasteiger partial charge is 0.256 e. The van der Waals surface area contributed by atoms with E-state index in [1.54, 1.807) is 0 Å². The molecular formula is C18H27NO3. The maximum Gasteiger partial charge on any atom is 0.256 e. The van der Waals surface area contributed by atoms with Gasteiger partial charge in [-0.05, 0) is 62.8 Å². The summed E-state index contributed by atoms with van der Waals surface area (Å²) in [5, 5.41) is 3.00. The molecule has 1 fully saturated rings. The Labute approximate surface area is 133 Å². The lowest BCUT2D eigenvalue weighted by Gasteiger charge is -2.28. The summed E-state index contributed by atoms with van der Waals surface area (Å²) >= 11 is 0. The van der Waals surface area contributed by atoms with Gasteiger partial charge in [0.25, 0.3) is 5.91 Å². The van der Waals surface area contributed by atoms with Crippen LogP contribution in [0.3, 0.4) is 0 Å². The molecule has 22 heavy (non-hydrogen) atoms. The molecule has 1 aliphatic carbocycles. The van der Waals surface area contributed by atoms with E-state index in [0.29, 0.717) is 13.2 Å². The summed E-state index contributed by atoms with van der Waals surface area (Å²) in [4.78, 5) is 12.6. The zero-order chi connectivity index (χ0) is 15.8. The van der Waals surface area contributed by atoms with Gasteiger partial charge in [0.05, 0.1) is 6.61 Å². The monoisotopic (exact) mass is 305 g/mol. The maximum absolute atomic E-state index is 12.6. The Bertz CT molecular complexity index is 464. The number of hydrogen-bond donors (Lipinski definition) is 1. The number of carbonyl (C=O) groups is 1. The van der Waals surface area contributed by atoms with Crippen molar-refractivity contribution in [2.75, 3.05) is 18.5 Å². The number of hydrogen-bond acceptors (Lipinski definition) is 3. The van der Waals surface area contributed by atoms with E-state index in [0.717, 1.165) is 50.0 Å². The largest absolute Gasteiger partial charge is 0.494 e. The first-order valence-electron chi connectivity index (χ1n) is 8.38. The first-order chi connectivity index (χ1) is 10.7. The maximum atomic E-state index is 12.6. The Morgan fingerprint density at radius 2 is 1.73 bits per heavy atom. The van der Waals surface area contributed by atoms with Crippen LogP contribution in [0.25, 0.3) is 0 Å². The SMILES string of the molecule is CCCOc1ccc(NC(=O)C2(OCCC)CCCC2)cc1. The number of nitrogens with one attached hydrogen (secondary N) is 1. The molecule has 122 valence electrons. The summed E-state index contributed by atoms with van der Waals surface area (Å²) in [5.41, 5.74) is 0.160. The van der Waals surface area contributed by atoms with Crippen molar-refractivity contribution in [3.05, 3.63) is 24.3 Å². The highest BCUT2D eigenvalue weighted by molar-refractivity contribution is 5.97. The molecular weight excluding hydrogens is 278 g/mol. The third-order valence-corrected chi connectivity index (χ3v) is 3.99. The fraction of sp³-hybridized carbons (Fsp3) is 0.611. The van der Waals surface area contributed by atoms with Crippen LogP contribution < -0.4 is 10.1 Å². The van der Waals surface area contributed by atoms with Crippen LogP contribution >= 0.6 is 0 Å². The first-order valence-corrected chi connectivity index (χ1v) is 8.38. The Hall–Kier alpha value is -1.55. The van der Waals surface area contributed by atoms with Crippen LogP contribution in [-0.2, 0) is 9.53 Å². The lowest BCUT2D eigenvalue weighted by molar-refractivity contribution is -0.140. The molecule has 0 saturated heterocycles. The zero-order valence-electron chi connectivity index (χ0n) is 13.7. The van der Waals surface area contributed by atoms with Crippen molar-refractivity contribution in [2.45, 2.75) is 58.0 Å². The van der Waals surface area contributed by atoms with Crippen LogP contribution in [-0.4, -0.2) is 24.7 Å². The molecule has 1 N–H and O–H groups in total. The fourth-order valence-electron chi connectivity index (χ4n) is 2.78. The molecule has 0 aliphatic heterocycles. The minimum atomic E-state index is -0.632. The molecule has 0 bridgehead atoms. The highest BCUT2D eigenvalue weighted by atomic mass is 16.5. The van der Waals surface area contributed by atoms with Crippen molar-refractivity contribution in [2.24, 2.45) is 0 Å². The molecule has 0 aromatic heterocycles. The van der Waals surface area contributed by atoms with Crippen molar-refractivity contribution in [3.63, 3.8) is 0 Å². The van der Waals surface area contributed by atoms with Gasteiger partial charge in [-0.1, -0.05) is 13.8 Å². The highest BCUT2D eigenvalue weighted by Crippen LogP contribution is 2.34. The number of amides is 1. The van der Waals surface area contributed by atoms with Crippen LogP contribution in [0.2, 0.25) is 0 Å². The summed E-state index contributed by atoms with van der Waals surface area (Å²) in [7, 11) is 0. The molecule has 0 heterocycles. The van der Waals surface area contributed by atoms with Gasteiger partial charge in [-0.25, -0.2) is 0 Å². The van der Waals surface area contributed by atoms with E-state index in [9.17, 15) is 4.79 Å². The normalized spacial score (nSPS) is 16.5. The fourth-order valence-corrected chi connectivity index (χ4v) is 2.78. The minimum absolute atomic E-state index is 0.0133. The summed E-state index contributed by atoms with van der Waals surface area (Å²) in [6.45, 7) is 5.48. The second kappa shape index (κ2) is 8.18. The first kappa shape index (κ1) is 16.8. The van der Waals surface area contributed by atoms with Gasteiger partial charge in [0.2, 0.25) is 0 Å². The third-order valence-electron chi connectivity index (χ3n) is 3.99. The van der Waals surface area contributed by atoms with Crippen molar-refractivity contribution >= 4 is 11.6 Å². The average molecular weight is 305 g/mol. The van der Waals surface area contributed by atoms with E-state index < -0.39 is 5.60 Å². The molecule has 0 radical (unpaired) electrons. The molecule has 0 spiro atoms. The number of carbonyl (C=O) groups excluding carboxylic acids is 1. The van der Waals surface area contributed by atoms with Crippen LogP contribution in [0, 0.1) is 0 Å². The van der Waals surface area contributed by atoms with Gasteiger partial charge in [0, 0.05) is 12.3 Å². The molecule has 1 aromatic carbocycles. The second-order valence-corrected chi connectivity index (χ2v) is 5.88. The van der Waals surface area contributed by atoms with Crippen molar-refractivity contribution in [3.8, 4) is 5.75 Å². The highest BCUT2D eigenvalue weighted by Gasteiger charge is 2.42. The van der Waals surface area contributed by atoms with Gasteiger partial charge in [-0.15, -0.1) is 0 Å². The molecule has 0 atom stereocenters. The topological polar surface area (TPSA) is 47.6 Å². The summed E-state index contributed by atoms with van der Waals surface area (Å²) in [6.07, 6.45) is 5.66. The molecule has 0 unspecified atom stereocenters. The third kappa shape index (κ3) is 4.23. The van der Waals surface area contributed by atoms with Crippen molar-refractivity contribution in [1.29, 1.82) is 0 Å². The molecule has 4 nitrogen and oxygen atoms in total. The number of benzene rings is 1. The number of ether oxygens (including phenoxy) is 2. The van der Waals surface area contributed by atoms with Crippen molar-refractivity contribution < 1.29 is 14.3 Å². The van der Waals surface area contributed by atoms with Gasteiger partial charge in [0.15, 0.2) is 0 Å². The van der Waals surface area contributed by atoms with Crippen LogP contribution in [0.5, 0.6) is 5.75 Å². The molecule has 4 heteroatoms. The van der Waals surface area contributed by atoms with Gasteiger partial charge >= 0.3 is 0 Å². The molecule has 1 saturated carbocycles. The van der Waals surface area contributed by atoms with E-state index in [2.05, 4.69) is 19.2 Å². The predicted octanol–water partition coefficient (Wildman–Crippen LogP) is 4.15. The molecule has 1 aliphatic rings. The zero-order valence-corrected chi connectivity index (χ0v) is 13.7. The Morgan fingerprint density at radius 1 is 1.09 bits per heavy atom. The Balaban J connectivity index is 1.97. The predicted molar refractivity (Wildman–Crippen MR) is 88.3 cm³/mol. The standard InChI is InChI=1S/C18H27NO3/c1-3-13-21-16-9-7-15(8-10-16)19-17(20)18(22-14-4-2)11-5-6-12-18/h7-10H,3-6,11-14H2,1-2H3,(H,19,20). The number of anilines is 1. The lowest BCUT2D eigenvalue weighted by Crippen LogP contribution is -2.43. The van der Waals surface area contributed by atoms with Crippen LogP contribution in [0.1, 0.15) is 52.4 Å². The lowest BCUT2D eigenvalue weighted by atomic mass is 10.0.